The number of carbonyl (C=O) groups is 1. The number of aromatic carboxylic acids is 1. The van der Waals surface area contributed by atoms with E-state index < -0.39 is 16.0 Å². The summed E-state index contributed by atoms with van der Waals surface area (Å²) in [6.45, 7) is 0. The number of rotatable bonds is 6. The summed E-state index contributed by atoms with van der Waals surface area (Å²) in [4.78, 5) is 15.2. The number of hydrogen-bond acceptors (Lipinski definition) is 6. The summed E-state index contributed by atoms with van der Waals surface area (Å²) in [6, 6.07) is 2.57. The maximum Gasteiger partial charge on any atom is 0.338 e. The zero-order chi connectivity index (χ0) is 17.2. The fourth-order valence-electron chi connectivity index (χ4n) is 1.86. The molecule has 10 heteroatoms. The average molecular weight is 341 g/mol. The van der Waals surface area contributed by atoms with Gasteiger partial charge in [-0.1, -0.05) is 0 Å². The standard InChI is InChI=1S/C13H15N3O6S/c1-16-6-11(14-7-16)23(19,20)15-12-9(13(17)18)4-8(21-2)5-10(12)22-3/h4-7,15H,1-3H3,(H,17,18). The van der Waals surface area contributed by atoms with Gasteiger partial charge in [0.05, 0.1) is 26.1 Å². The molecule has 1 aromatic carbocycles. The molecule has 0 aliphatic heterocycles. The molecule has 0 atom stereocenters. The molecule has 0 saturated heterocycles. The van der Waals surface area contributed by atoms with Crippen molar-refractivity contribution < 1.29 is 27.8 Å². The highest BCUT2D eigenvalue weighted by atomic mass is 32.2. The van der Waals surface area contributed by atoms with E-state index in [0.29, 0.717) is 0 Å². The Morgan fingerprint density at radius 3 is 2.48 bits per heavy atom. The second kappa shape index (κ2) is 6.16. The molecule has 124 valence electrons. The second-order valence-electron chi connectivity index (χ2n) is 4.54. The van der Waals surface area contributed by atoms with Crippen molar-refractivity contribution in [1.29, 1.82) is 0 Å². The fourth-order valence-corrected chi connectivity index (χ4v) is 2.93. The molecule has 0 amide bonds. The number of carboxylic acid groups (broad SMARTS) is 1. The van der Waals surface area contributed by atoms with Gasteiger partial charge in [-0.2, -0.15) is 8.42 Å². The monoisotopic (exact) mass is 341 g/mol. The third kappa shape index (κ3) is 3.37. The largest absolute Gasteiger partial charge is 0.497 e. The van der Waals surface area contributed by atoms with E-state index >= 15 is 0 Å². The molecule has 0 unspecified atom stereocenters. The summed E-state index contributed by atoms with van der Waals surface area (Å²) in [5.74, 6) is -1.10. The van der Waals surface area contributed by atoms with Crippen LogP contribution in [0.5, 0.6) is 11.5 Å². The van der Waals surface area contributed by atoms with E-state index in [9.17, 15) is 18.3 Å². The van der Waals surface area contributed by atoms with Gasteiger partial charge in [-0.05, 0) is 6.07 Å². The summed E-state index contributed by atoms with van der Waals surface area (Å²) in [5.41, 5.74) is -0.507. The van der Waals surface area contributed by atoms with Gasteiger partial charge in [-0.25, -0.2) is 9.78 Å². The van der Waals surface area contributed by atoms with Crippen LogP contribution in [0.1, 0.15) is 10.4 Å². The lowest BCUT2D eigenvalue weighted by Crippen LogP contribution is -2.17. The van der Waals surface area contributed by atoms with E-state index in [2.05, 4.69) is 9.71 Å². The fraction of sp³-hybridized carbons (Fsp3) is 0.231. The molecule has 0 bridgehead atoms. The number of methoxy groups -OCH3 is 2. The average Bonchev–Trinajstić information content (AvgIpc) is 2.94. The van der Waals surface area contributed by atoms with Crippen LogP contribution in [0.2, 0.25) is 0 Å². The Kier molecular flexibility index (Phi) is 4.45. The number of imidazole rings is 1. The number of anilines is 1. The van der Waals surface area contributed by atoms with Gasteiger partial charge < -0.3 is 19.1 Å². The molecular formula is C13H15N3O6S. The summed E-state index contributed by atoms with van der Waals surface area (Å²) in [7, 11) is 0.197. The lowest BCUT2D eigenvalue weighted by atomic mass is 10.1. The zero-order valence-corrected chi connectivity index (χ0v) is 13.4. The van der Waals surface area contributed by atoms with Crippen molar-refractivity contribution in [2.24, 2.45) is 7.05 Å². The smallest absolute Gasteiger partial charge is 0.338 e. The molecule has 0 radical (unpaired) electrons. The molecule has 2 aromatic rings. The van der Waals surface area contributed by atoms with Crippen molar-refractivity contribution in [3.63, 3.8) is 0 Å². The molecule has 2 N–H and O–H groups in total. The van der Waals surface area contributed by atoms with Gasteiger partial charge in [0.1, 0.15) is 17.2 Å². The Hall–Kier alpha value is -2.75. The van der Waals surface area contributed by atoms with E-state index in [1.807, 2.05) is 0 Å². The van der Waals surface area contributed by atoms with Crippen LogP contribution in [0.25, 0.3) is 0 Å². The minimum absolute atomic E-state index is 0.0151. The van der Waals surface area contributed by atoms with E-state index in [0.717, 1.165) is 0 Å². The number of carboxylic acids is 1. The van der Waals surface area contributed by atoms with Crippen LogP contribution in [0.15, 0.2) is 29.7 Å². The van der Waals surface area contributed by atoms with Crippen molar-refractivity contribution in [1.82, 2.24) is 9.55 Å². The Balaban J connectivity index is 2.56. The molecule has 9 nitrogen and oxygen atoms in total. The van der Waals surface area contributed by atoms with Gasteiger partial charge in [0, 0.05) is 19.3 Å². The Labute approximate surface area is 132 Å². The molecule has 23 heavy (non-hydrogen) atoms. The van der Waals surface area contributed by atoms with E-state index in [-0.39, 0.29) is 27.8 Å². The topological polar surface area (TPSA) is 120 Å². The lowest BCUT2D eigenvalue weighted by Gasteiger charge is -2.15. The van der Waals surface area contributed by atoms with Crippen LogP contribution in [0.3, 0.4) is 0 Å². The number of aryl methyl sites for hydroxylation is 1. The first-order valence-corrected chi connectivity index (χ1v) is 7.77. The quantitative estimate of drug-likeness (QED) is 0.802. The first kappa shape index (κ1) is 16.6. The van der Waals surface area contributed by atoms with E-state index in [4.69, 9.17) is 9.47 Å². The third-order valence-electron chi connectivity index (χ3n) is 2.95. The molecule has 2 rings (SSSR count). The molecular weight excluding hydrogens is 326 g/mol. The van der Waals surface area contributed by atoms with Crippen LogP contribution in [-0.4, -0.2) is 43.3 Å². The van der Waals surface area contributed by atoms with Crippen LogP contribution >= 0.6 is 0 Å². The number of ether oxygens (including phenoxy) is 2. The van der Waals surface area contributed by atoms with Gasteiger partial charge in [0.15, 0.2) is 5.03 Å². The summed E-state index contributed by atoms with van der Waals surface area (Å²) < 4.78 is 38.4. The maximum atomic E-state index is 12.3. The number of aromatic nitrogens is 2. The highest BCUT2D eigenvalue weighted by Gasteiger charge is 2.24. The van der Waals surface area contributed by atoms with Gasteiger partial charge in [0.25, 0.3) is 10.0 Å². The maximum absolute atomic E-state index is 12.3. The predicted molar refractivity (Wildman–Crippen MR) is 80.5 cm³/mol. The van der Waals surface area contributed by atoms with Crippen molar-refractivity contribution >= 4 is 21.7 Å². The number of sulfonamides is 1. The Bertz CT molecular complexity index is 843. The summed E-state index contributed by atoms with van der Waals surface area (Å²) in [6.07, 6.45) is 2.61. The third-order valence-corrected chi connectivity index (χ3v) is 4.19. The molecule has 1 aromatic heterocycles. The minimum Gasteiger partial charge on any atom is -0.497 e. The molecule has 0 fully saturated rings. The lowest BCUT2D eigenvalue weighted by molar-refractivity contribution is 0.0697. The number of nitrogens with zero attached hydrogens (tertiary/aromatic N) is 2. The second-order valence-corrected chi connectivity index (χ2v) is 6.17. The normalized spacial score (nSPS) is 11.1. The van der Waals surface area contributed by atoms with Crippen molar-refractivity contribution in [2.75, 3.05) is 18.9 Å². The highest BCUT2D eigenvalue weighted by molar-refractivity contribution is 7.92. The van der Waals surface area contributed by atoms with Crippen LogP contribution in [-0.2, 0) is 17.1 Å². The molecule has 0 saturated carbocycles. The summed E-state index contributed by atoms with van der Waals surface area (Å²) >= 11 is 0. The van der Waals surface area contributed by atoms with Crippen LogP contribution in [0, 0.1) is 0 Å². The zero-order valence-electron chi connectivity index (χ0n) is 12.6. The predicted octanol–water partition coefficient (Wildman–Crippen LogP) is 0.936. The number of nitrogens with one attached hydrogen (secondary N) is 1. The van der Waals surface area contributed by atoms with Crippen LogP contribution in [0.4, 0.5) is 5.69 Å². The van der Waals surface area contributed by atoms with Gasteiger partial charge in [0.2, 0.25) is 0 Å². The van der Waals surface area contributed by atoms with Crippen molar-refractivity contribution in [2.45, 2.75) is 5.03 Å². The Morgan fingerprint density at radius 2 is 2.00 bits per heavy atom. The molecule has 0 aliphatic rings. The first-order chi connectivity index (χ1) is 10.8. The Morgan fingerprint density at radius 1 is 1.30 bits per heavy atom. The minimum atomic E-state index is -4.07. The van der Waals surface area contributed by atoms with E-state index in [1.54, 1.807) is 7.05 Å². The number of benzene rings is 1. The summed E-state index contributed by atoms with van der Waals surface area (Å²) in [5, 5.41) is 9.07. The van der Waals surface area contributed by atoms with Crippen molar-refractivity contribution in [3.05, 3.63) is 30.2 Å². The van der Waals surface area contributed by atoms with Crippen LogP contribution < -0.4 is 14.2 Å². The molecule has 0 aliphatic carbocycles. The van der Waals surface area contributed by atoms with Crippen molar-refractivity contribution in [3.8, 4) is 11.5 Å². The highest BCUT2D eigenvalue weighted by Crippen LogP contribution is 2.35. The number of hydrogen-bond donors (Lipinski definition) is 2. The molecule has 0 spiro atoms. The first-order valence-electron chi connectivity index (χ1n) is 6.28. The van der Waals surface area contributed by atoms with Gasteiger partial charge >= 0.3 is 5.97 Å². The van der Waals surface area contributed by atoms with Gasteiger partial charge in [-0.15, -0.1) is 0 Å². The van der Waals surface area contributed by atoms with E-state index in [1.165, 1.54) is 43.4 Å². The van der Waals surface area contributed by atoms with Gasteiger partial charge in [-0.3, -0.25) is 4.72 Å². The molecule has 1 heterocycles. The SMILES string of the molecule is COc1cc(OC)c(NS(=O)(=O)c2cn(C)cn2)c(C(=O)O)c1.